The lowest BCUT2D eigenvalue weighted by atomic mass is 10.3. The van der Waals surface area contributed by atoms with Gasteiger partial charge in [-0.3, -0.25) is 0 Å². The van der Waals surface area contributed by atoms with Crippen molar-refractivity contribution in [1.82, 2.24) is 9.55 Å². The molecule has 2 rings (SSSR count). The van der Waals surface area contributed by atoms with Crippen LogP contribution in [0.1, 0.15) is 18.8 Å². The van der Waals surface area contributed by atoms with E-state index in [1.165, 1.54) is 0 Å². The van der Waals surface area contributed by atoms with Gasteiger partial charge in [0, 0.05) is 24.1 Å². The number of halogens is 3. The Morgan fingerprint density at radius 1 is 1.32 bits per heavy atom. The smallest absolute Gasteiger partial charge is 0.111 e. The predicted octanol–water partition coefficient (Wildman–Crippen LogP) is 5.05. The first kappa shape index (κ1) is 15.3. The Hall–Kier alpha value is -0.0900. The molecule has 0 N–H and O–H groups in total. The number of imidazole rings is 1. The molecule has 0 aliphatic carbocycles. The van der Waals surface area contributed by atoms with E-state index in [4.69, 9.17) is 34.8 Å². The zero-order valence-corrected chi connectivity index (χ0v) is 13.9. The van der Waals surface area contributed by atoms with Gasteiger partial charge >= 0.3 is 0 Å². The third-order valence-electron chi connectivity index (χ3n) is 2.97. The largest absolute Gasteiger partial charge is 0.324 e. The highest BCUT2D eigenvalue weighted by molar-refractivity contribution is 7.98. The van der Waals surface area contributed by atoms with E-state index in [1.807, 2.05) is 23.9 Å². The summed E-state index contributed by atoms with van der Waals surface area (Å²) in [5.74, 6) is 2.56. The molecule has 104 valence electrons. The van der Waals surface area contributed by atoms with Crippen molar-refractivity contribution in [3.63, 3.8) is 0 Å². The summed E-state index contributed by atoms with van der Waals surface area (Å²) in [5, 5.41) is 1.10. The lowest BCUT2D eigenvalue weighted by Gasteiger charge is -2.16. The summed E-state index contributed by atoms with van der Waals surface area (Å²) < 4.78 is 2.22. The SMILES string of the molecule is CSCC(C)n1c(CCCl)nc2cc(Cl)c(Cl)cc21. The van der Waals surface area contributed by atoms with Crippen molar-refractivity contribution in [2.24, 2.45) is 0 Å². The Labute approximate surface area is 132 Å². The Balaban J connectivity index is 2.61. The molecular weight excluding hydrogens is 323 g/mol. The van der Waals surface area contributed by atoms with E-state index in [0.717, 1.165) is 29.0 Å². The fraction of sp³-hybridized carbons (Fsp3) is 0.462. The van der Waals surface area contributed by atoms with E-state index in [1.54, 1.807) is 0 Å². The van der Waals surface area contributed by atoms with E-state index < -0.39 is 0 Å². The number of aryl methyl sites for hydroxylation is 1. The summed E-state index contributed by atoms with van der Waals surface area (Å²) in [4.78, 5) is 4.63. The number of alkyl halides is 1. The molecule has 0 spiro atoms. The van der Waals surface area contributed by atoms with Crippen LogP contribution in [0, 0.1) is 0 Å². The second kappa shape index (κ2) is 6.57. The standard InChI is InChI=1S/C13H15Cl3N2S/c1-8(7-19-2)18-12-6-10(16)9(15)5-11(12)17-13(18)3-4-14/h5-6,8H,3-4,7H2,1-2H3. The van der Waals surface area contributed by atoms with E-state index >= 15 is 0 Å². The fourth-order valence-corrected chi connectivity index (χ4v) is 3.33. The molecule has 1 aromatic heterocycles. The van der Waals surface area contributed by atoms with E-state index in [2.05, 4.69) is 22.7 Å². The van der Waals surface area contributed by atoms with Gasteiger partial charge in [-0.15, -0.1) is 11.6 Å². The highest BCUT2D eigenvalue weighted by atomic mass is 35.5. The van der Waals surface area contributed by atoms with Crippen LogP contribution in [0.4, 0.5) is 0 Å². The maximum atomic E-state index is 6.12. The minimum absolute atomic E-state index is 0.343. The van der Waals surface area contributed by atoms with Gasteiger partial charge in [-0.2, -0.15) is 11.8 Å². The molecule has 0 fully saturated rings. The van der Waals surface area contributed by atoms with Crippen LogP contribution in [0.15, 0.2) is 12.1 Å². The number of thioether (sulfide) groups is 1. The van der Waals surface area contributed by atoms with Gasteiger partial charge in [-0.1, -0.05) is 23.2 Å². The maximum absolute atomic E-state index is 6.12. The fourth-order valence-electron chi connectivity index (χ4n) is 2.21. The molecule has 0 aliphatic rings. The highest BCUT2D eigenvalue weighted by Crippen LogP contribution is 2.31. The predicted molar refractivity (Wildman–Crippen MR) is 87.3 cm³/mol. The van der Waals surface area contributed by atoms with Gasteiger partial charge in [0.1, 0.15) is 5.82 Å². The van der Waals surface area contributed by atoms with Gasteiger partial charge < -0.3 is 4.57 Å². The van der Waals surface area contributed by atoms with Crippen molar-refractivity contribution in [2.45, 2.75) is 19.4 Å². The van der Waals surface area contributed by atoms with Crippen LogP contribution in [0.25, 0.3) is 11.0 Å². The number of rotatable bonds is 5. The lowest BCUT2D eigenvalue weighted by Crippen LogP contribution is -2.12. The van der Waals surface area contributed by atoms with Crippen LogP contribution in [-0.4, -0.2) is 27.4 Å². The van der Waals surface area contributed by atoms with Gasteiger partial charge in [0.05, 0.1) is 21.1 Å². The summed E-state index contributed by atoms with van der Waals surface area (Å²) in [6.45, 7) is 2.18. The van der Waals surface area contributed by atoms with E-state index in [0.29, 0.717) is 22.0 Å². The number of hydrogen-bond acceptors (Lipinski definition) is 2. The summed E-state index contributed by atoms with van der Waals surface area (Å²) in [6, 6.07) is 4.05. The Morgan fingerprint density at radius 3 is 2.63 bits per heavy atom. The van der Waals surface area contributed by atoms with Crippen molar-refractivity contribution >= 4 is 57.6 Å². The number of fused-ring (bicyclic) bond motifs is 1. The molecule has 0 radical (unpaired) electrons. The first-order valence-electron chi connectivity index (χ1n) is 5.99. The number of hydrogen-bond donors (Lipinski definition) is 0. The Kier molecular flexibility index (Phi) is 5.29. The molecule has 1 unspecified atom stereocenters. The first-order valence-corrected chi connectivity index (χ1v) is 8.67. The van der Waals surface area contributed by atoms with Crippen molar-refractivity contribution in [3.8, 4) is 0 Å². The van der Waals surface area contributed by atoms with Crippen LogP contribution in [0.2, 0.25) is 10.0 Å². The van der Waals surface area contributed by atoms with Crippen LogP contribution >= 0.6 is 46.6 Å². The van der Waals surface area contributed by atoms with E-state index in [-0.39, 0.29) is 0 Å². The van der Waals surface area contributed by atoms with Gasteiger partial charge in [0.2, 0.25) is 0 Å². The van der Waals surface area contributed by atoms with Gasteiger partial charge in [0.25, 0.3) is 0 Å². The van der Waals surface area contributed by atoms with Crippen LogP contribution in [-0.2, 0) is 6.42 Å². The number of benzene rings is 1. The van der Waals surface area contributed by atoms with Crippen LogP contribution in [0.3, 0.4) is 0 Å². The zero-order chi connectivity index (χ0) is 14.0. The average Bonchev–Trinajstić information content (AvgIpc) is 2.68. The number of aromatic nitrogens is 2. The van der Waals surface area contributed by atoms with Crippen molar-refractivity contribution < 1.29 is 0 Å². The summed E-state index contributed by atoms with van der Waals surface area (Å²) in [7, 11) is 0. The van der Waals surface area contributed by atoms with Crippen molar-refractivity contribution in [2.75, 3.05) is 17.9 Å². The number of nitrogens with zero attached hydrogens (tertiary/aromatic N) is 2. The first-order chi connectivity index (χ1) is 9.08. The molecule has 0 saturated carbocycles. The average molecular weight is 338 g/mol. The van der Waals surface area contributed by atoms with Crippen LogP contribution in [0.5, 0.6) is 0 Å². The molecule has 0 bridgehead atoms. The molecule has 1 atom stereocenters. The quantitative estimate of drug-likeness (QED) is 0.711. The normalized spacial score (nSPS) is 13.1. The van der Waals surface area contributed by atoms with Crippen LogP contribution < -0.4 is 0 Å². The van der Waals surface area contributed by atoms with Crippen molar-refractivity contribution in [3.05, 3.63) is 28.0 Å². The topological polar surface area (TPSA) is 17.8 Å². The van der Waals surface area contributed by atoms with Gasteiger partial charge in [-0.25, -0.2) is 4.98 Å². The third-order valence-corrected chi connectivity index (χ3v) is 4.70. The molecule has 6 heteroatoms. The second-order valence-corrected chi connectivity index (χ2v) is 6.50. The molecule has 0 saturated heterocycles. The highest BCUT2D eigenvalue weighted by Gasteiger charge is 2.16. The van der Waals surface area contributed by atoms with Crippen molar-refractivity contribution in [1.29, 1.82) is 0 Å². The molecular formula is C13H15Cl3N2S. The maximum Gasteiger partial charge on any atom is 0.111 e. The molecule has 19 heavy (non-hydrogen) atoms. The Bertz CT molecular complexity index is 583. The van der Waals surface area contributed by atoms with E-state index in [9.17, 15) is 0 Å². The molecule has 2 aromatic rings. The molecule has 0 aliphatic heterocycles. The minimum Gasteiger partial charge on any atom is -0.324 e. The second-order valence-electron chi connectivity index (χ2n) is 4.40. The monoisotopic (exact) mass is 336 g/mol. The molecule has 2 nitrogen and oxygen atoms in total. The summed E-state index contributed by atoms with van der Waals surface area (Å²) in [5.41, 5.74) is 1.90. The van der Waals surface area contributed by atoms with Gasteiger partial charge in [-0.05, 0) is 25.3 Å². The summed E-state index contributed by atoms with van der Waals surface area (Å²) >= 11 is 19.9. The molecule has 1 heterocycles. The third kappa shape index (κ3) is 3.15. The zero-order valence-electron chi connectivity index (χ0n) is 10.8. The Morgan fingerprint density at radius 2 is 2.00 bits per heavy atom. The lowest BCUT2D eigenvalue weighted by molar-refractivity contribution is 0.597. The molecule has 1 aromatic carbocycles. The summed E-state index contributed by atoms with van der Waals surface area (Å²) in [6.07, 6.45) is 2.84. The minimum atomic E-state index is 0.343. The molecule has 0 amide bonds. The van der Waals surface area contributed by atoms with Gasteiger partial charge in [0.15, 0.2) is 0 Å².